The third-order valence-corrected chi connectivity index (χ3v) is 7.45. The molecule has 40 heavy (non-hydrogen) atoms. The van der Waals surface area contributed by atoms with Crippen LogP contribution in [-0.4, -0.2) is 61.3 Å². The van der Waals surface area contributed by atoms with Gasteiger partial charge in [0, 0.05) is 23.8 Å². The van der Waals surface area contributed by atoms with E-state index < -0.39 is 36.1 Å². The van der Waals surface area contributed by atoms with Gasteiger partial charge in [-0.25, -0.2) is 9.59 Å². The van der Waals surface area contributed by atoms with Gasteiger partial charge < -0.3 is 14.8 Å². The van der Waals surface area contributed by atoms with Crippen LogP contribution in [0.25, 0.3) is 21.6 Å². The monoisotopic (exact) mass is 539 g/mol. The summed E-state index contributed by atoms with van der Waals surface area (Å²) in [5.41, 5.74) is 14.2. The molecule has 3 atom stereocenters. The lowest BCUT2D eigenvalue weighted by atomic mass is 9.98. The Morgan fingerprint density at radius 3 is 2.25 bits per heavy atom. The molecule has 0 saturated carbocycles. The van der Waals surface area contributed by atoms with E-state index in [0.29, 0.717) is 0 Å². The van der Waals surface area contributed by atoms with E-state index in [0.717, 1.165) is 27.8 Å². The summed E-state index contributed by atoms with van der Waals surface area (Å²) in [4.78, 5) is 43.4. The van der Waals surface area contributed by atoms with Crippen LogP contribution in [0.5, 0.6) is 0 Å². The van der Waals surface area contributed by atoms with Crippen LogP contribution in [0.3, 0.4) is 0 Å². The fourth-order valence-corrected chi connectivity index (χ4v) is 5.55. The van der Waals surface area contributed by atoms with Gasteiger partial charge in [-0.3, -0.25) is 9.69 Å². The summed E-state index contributed by atoms with van der Waals surface area (Å²) in [6.07, 6.45) is -0.356. The van der Waals surface area contributed by atoms with E-state index in [4.69, 9.17) is 15.0 Å². The Bertz CT molecular complexity index is 1410. The first-order chi connectivity index (χ1) is 19.5. The second-order valence-electron chi connectivity index (χ2n) is 9.84. The molecule has 10 nitrogen and oxygen atoms in total. The number of carbonyl (C=O) groups excluding carboxylic acids is 3. The average molecular weight is 540 g/mol. The molecule has 0 spiro atoms. The summed E-state index contributed by atoms with van der Waals surface area (Å²) in [6, 6.07) is 22.7. The van der Waals surface area contributed by atoms with Gasteiger partial charge in [0.1, 0.15) is 18.7 Å². The summed E-state index contributed by atoms with van der Waals surface area (Å²) >= 11 is 0. The first-order valence-electron chi connectivity index (χ1n) is 13.1. The summed E-state index contributed by atoms with van der Waals surface area (Å²) in [7, 11) is 1.25. The molecular formula is C30H29N5O5. The number of hydrogen-bond donors (Lipinski definition) is 1. The second kappa shape index (κ2) is 11.9. The second-order valence-corrected chi connectivity index (χ2v) is 9.84. The van der Waals surface area contributed by atoms with E-state index in [1.54, 1.807) is 0 Å². The lowest BCUT2D eigenvalue weighted by Crippen LogP contribution is -2.52. The lowest BCUT2D eigenvalue weighted by Gasteiger charge is -2.26. The molecule has 0 bridgehead atoms. The molecule has 204 valence electrons. The molecule has 1 fully saturated rings. The smallest absolute Gasteiger partial charge is 0.410 e. The Kier molecular flexibility index (Phi) is 7.98. The third-order valence-electron chi connectivity index (χ3n) is 7.45. The van der Waals surface area contributed by atoms with Crippen molar-refractivity contribution in [3.63, 3.8) is 0 Å². The molecule has 10 heteroatoms. The zero-order chi connectivity index (χ0) is 28.1. The maximum atomic E-state index is 13.4. The van der Waals surface area contributed by atoms with Crippen molar-refractivity contribution in [2.75, 3.05) is 20.3 Å². The highest BCUT2D eigenvalue weighted by Gasteiger charge is 2.42. The van der Waals surface area contributed by atoms with Crippen molar-refractivity contribution in [1.29, 1.82) is 0 Å². The molecule has 1 N–H and O–H groups in total. The van der Waals surface area contributed by atoms with Crippen molar-refractivity contribution >= 4 is 18.0 Å². The topological polar surface area (TPSA) is 134 Å². The van der Waals surface area contributed by atoms with Gasteiger partial charge in [0.25, 0.3) is 0 Å². The van der Waals surface area contributed by atoms with Crippen LogP contribution in [0.2, 0.25) is 0 Å². The Labute approximate surface area is 231 Å². The third kappa shape index (κ3) is 5.48. The van der Waals surface area contributed by atoms with Crippen LogP contribution in [0.15, 0.2) is 84.0 Å². The van der Waals surface area contributed by atoms with Gasteiger partial charge in [-0.1, -0.05) is 84.0 Å². The van der Waals surface area contributed by atoms with E-state index in [2.05, 4.69) is 27.5 Å². The average Bonchev–Trinajstić information content (AvgIpc) is 3.55. The molecule has 1 saturated heterocycles. The first kappa shape index (κ1) is 26.8. The molecule has 1 aliphatic heterocycles. The summed E-state index contributed by atoms with van der Waals surface area (Å²) < 4.78 is 10.7. The van der Waals surface area contributed by atoms with Gasteiger partial charge in [-0.2, -0.15) is 0 Å². The minimum absolute atomic E-state index is 0.0282. The molecule has 2 aliphatic rings. The Morgan fingerprint density at radius 2 is 1.62 bits per heavy atom. The van der Waals surface area contributed by atoms with Gasteiger partial charge >= 0.3 is 12.1 Å². The molecule has 2 amide bonds. The SMILES string of the molecule is COC(=O)[C@H](Cc1ccccc1)NC(=O)[C@@H]1C[C@H](N=[N+]=[N-])CN1C(=O)OCC1c2ccccc2-c2ccccc21. The normalized spacial score (nSPS) is 18.2. The van der Waals surface area contributed by atoms with Crippen molar-refractivity contribution < 1.29 is 23.9 Å². The summed E-state index contributed by atoms with van der Waals surface area (Å²) in [5, 5.41) is 6.47. The van der Waals surface area contributed by atoms with Crippen molar-refractivity contribution in [3.05, 3.63) is 106 Å². The quantitative estimate of drug-likeness (QED) is 0.193. The van der Waals surface area contributed by atoms with Gasteiger partial charge in [0.05, 0.1) is 13.2 Å². The zero-order valence-electron chi connectivity index (χ0n) is 22.0. The van der Waals surface area contributed by atoms with Gasteiger partial charge in [-0.05, 0) is 39.8 Å². The number of nitrogens with one attached hydrogen (secondary N) is 1. The molecule has 0 radical (unpaired) electrons. The number of amides is 2. The van der Waals surface area contributed by atoms with Crippen molar-refractivity contribution in [1.82, 2.24) is 10.2 Å². The molecule has 1 heterocycles. The van der Waals surface area contributed by atoms with E-state index in [1.165, 1.54) is 12.0 Å². The maximum Gasteiger partial charge on any atom is 0.410 e. The van der Waals surface area contributed by atoms with Gasteiger partial charge in [0.2, 0.25) is 5.91 Å². The van der Waals surface area contributed by atoms with E-state index in [-0.39, 0.29) is 31.9 Å². The number of likely N-dealkylation sites (tertiary alicyclic amines) is 1. The molecule has 0 unspecified atom stereocenters. The largest absolute Gasteiger partial charge is 0.467 e. The van der Waals surface area contributed by atoms with Crippen molar-refractivity contribution in [3.8, 4) is 11.1 Å². The molecular weight excluding hydrogens is 510 g/mol. The Hall–Kier alpha value is -4.82. The zero-order valence-corrected chi connectivity index (χ0v) is 22.0. The summed E-state index contributed by atoms with van der Waals surface area (Å²) in [6.45, 7) is 0.114. The van der Waals surface area contributed by atoms with Crippen molar-refractivity contribution in [2.24, 2.45) is 5.11 Å². The highest BCUT2D eigenvalue weighted by Crippen LogP contribution is 2.44. The number of hydrogen-bond acceptors (Lipinski definition) is 6. The molecule has 3 aromatic carbocycles. The van der Waals surface area contributed by atoms with Crippen LogP contribution in [-0.2, 0) is 25.5 Å². The van der Waals surface area contributed by atoms with E-state index in [9.17, 15) is 14.4 Å². The number of carbonyl (C=O) groups is 3. The van der Waals surface area contributed by atoms with Gasteiger partial charge in [0.15, 0.2) is 0 Å². The van der Waals surface area contributed by atoms with Crippen LogP contribution >= 0.6 is 0 Å². The predicted molar refractivity (Wildman–Crippen MR) is 147 cm³/mol. The van der Waals surface area contributed by atoms with Crippen LogP contribution in [0, 0.1) is 0 Å². The fourth-order valence-electron chi connectivity index (χ4n) is 5.55. The minimum atomic E-state index is -0.978. The number of esters is 1. The predicted octanol–water partition coefficient (Wildman–Crippen LogP) is 4.59. The maximum absolute atomic E-state index is 13.4. The highest BCUT2D eigenvalue weighted by atomic mass is 16.6. The highest BCUT2D eigenvalue weighted by molar-refractivity contribution is 5.90. The number of fused-ring (bicyclic) bond motifs is 3. The standard InChI is InChI=1S/C30H29N5O5/c1-39-29(37)26(15-19-9-3-2-4-10-19)32-28(36)27-16-20(33-34-31)17-35(27)30(38)40-18-25-23-13-7-5-11-21(23)22-12-6-8-14-24(22)25/h2-14,20,25-27H,15-18H2,1H3,(H,32,36)/t20-,26-,27-/m0/s1. The number of rotatable bonds is 8. The fraction of sp³-hybridized carbons (Fsp3) is 0.300. The number of methoxy groups -OCH3 is 1. The summed E-state index contributed by atoms with van der Waals surface area (Å²) in [5.74, 6) is -1.29. The van der Waals surface area contributed by atoms with Crippen LogP contribution in [0.1, 0.15) is 29.0 Å². The van der Waals surface area contributed by atoms with Crippen LogP contribution in [0.4, 0.5) is 4.79 Å². The molecule has 0 aromatic heterocycles. The number of benzene rings is 3. The number of nitrogens with zero attached hydrogens (tertiary/aromatic N) is 4. The van der Waals surface area contributed by atoms with Crippen molar-refractivity contribution in [2.45, 2.75) is 36.9 Å². The van der Waals surface area contributed by atoms with E-state index >= 15 is 0 Å². The molecule has 3 aromatic rings. The Morgan fingerprint density at radius 1 is 1.00 bits per heavy atom. The van der Waals surface area contributed by atoms with E-state index in [1.807, 2.05) is 66.7 Å². The van der Waals surface area contributed by atoms with Gasteiger partial charge in [-0.15, -0.1) is 0 Å². The molecule has 1 aliphatic carbocycles. The van der Waals surface area contributed by atoms with Crippen LogP contribution < -0.4 is 5.32 Å². The first-order valence-corrected chi connectivity index (χ1v) is 13.1. The molecule has 5 rings (SSSR count). The number of azide groups is 1. The minimum Gasteiger partial charge on any atom is -0.467 e. The number of ether oxygens (including phenoxy) is 2. The Balaban J connectivity index is 1.31. The lowest BCUT2D eigenvalue weighted by molar-refractivity contribution is -0.145.